The first-order chi connectivity index (χ1) is 11.3. The molecule has 0 aliphatic heterocycles. The highest BCUT2D eigenvalue weighted by molar-refractivity contribution is 6.44. The molecule has 0 aromatic heterocycles. The number of nitrogens with zero attached hydrogens (tertiary/aromatic N) is 1. The van der Waals surface area contributed by atoms with Crippen molar-refractivity contribution in [2.24, 2.45) is 0 Å². The van der Waals surface area contributed by atoms with E-state index in [0.717, 1.165) is 6.07 Å². The van der Waals surface area contributed by atoms with Crippen LogP contribution in [0.1, 0.15) is 0 Å². The Bertz CT molecular complexity index is 841. The lowest BCUT2D eigenvalue weighted by Crippen LogP contribution is -2.29. The minimum atomic E-state index is -1.09. The van der Waals surface area contributed by atoms with Crippen LogP contribution in [0.25, 0.3) is 0 Å². The number of carbonyl (C=O) groups is 2. The normalized spacial score (nSPS) is 10.1. The zero-order chi connectivity index (χ0) is 17.9. The van der Waals surface area contributed by atoms with Crippen molar-refractivity contribution >= 4 is 52.1 Å². The molecule has 0 saturated heterocycles. The molecule has 3 N–H and O–H groups in total. The van der Waals surface area contributed by atoms with Crippen LogP contribution in [0.15, 0.2) is 36.4 Å². The first-order valence-electron chi connectivity index (χ1n) is 6.32. The van der Waals surface area contributed by atoms with Crippen molar-refractivity contribution in [3.8, 4) is 5.75 Å². The largest absolute Gasteiger partial charge is 0.506 e. The van der Waals surface area contributed by atoms with Crippen molar-refractivity contribution in [2.75, 3.05) is 10.6 Å². The van der Waals surface area contributed by atoms with Gasteiger partial charge in [0, 0.05) is 16.8 Å². The molecule has 0 spiro atoms. The number of benzene rings is 2. The summed E-state index contributed by atoms with van der Waals surface area (Å²) >= 11 is 11.4. The quantitative estimate of drug-likeness (QED) is 0.332. The molecule has 0 unspecified atom stereocenters. The fourth-order valence-electron chi connectivity index (χ4n) is 1.71. The molecular formula is C14H9Cl2N3O5. The summed E-state index contributed by atoms with van der Waals surface area (Å²) in [6, 6.07) is 7.45. The molecule has 0 bridgehead atoms. The minimum Gasteiger partial charge on any atom is -0.506 e. The van der Waals surface area contributed by atoms with Gasteiger partial charge in [0.1, 0.15) is 10.8 Å². The number of anilines is 2. The number of phenolic OH excluding ortho intramolecular Hbond substituents is 1. The highest BCUT2D eigenvalue weighted by atomic mass is 35.5. The van der Waals surface area contributed by atoms with Crippen molar-refractivity contribution in [2.45, 2.75) is 0 Å². The van der Waals surface area contributed by atoms with Crippen LogP contribution in [-0.4, -0.2) is 21.8 Å². The number of hydrogen-bond acceptors (Lipinski definition) is 5. The number of carbonyl (C=O) groups excluding carboxylic acids is 2. The minimum absolute atomic E-state index is 0.0153. The van der Waals surface area contributed by atoms with Gasteiger partial charge in [-0.05, 0) is 30.3 Å². The number of aromatic hydroxyl groups is 1. The van der Waals surface area contributed by atoms with Crippen LogP contribution in [0.3, 0.4) is 0 Å². The van der Waals surface area contributed by atoms with Crippen LogP contribution in [0.4, 0.5) is 17.1 Å². The van der Waals surface area contributed by atoms with Crippen LogP contribution >= 0.6 is 23.2 Å². The average Bonchev–Trinajstić information content (AvgIpc) is 2.52. The molecule has 2 rings (SSSR count). The molecule has 0 heterocycles. The van der Waals surface area contributed by atoms with Gasteiger partial charge in [-0.1, -0.05) is 23.2 Å². The fraction of sp³-hybridized carbons (Fsp3) is 0. The first-order valence-corrected chi connectivity index (χ1v) is 7.08. The lowest BCUT2D eigenvalue weighted by Gasteiger charge is -2.08. The van der Waals surface area contributed by atoms with Crippen LogP contribution < -0.4 is 10.6 Å². The summed E-state index contributed by atoms with van der Waals surface area (Å²) in [5.74, 6) is -2.46. The SMILES string of the molecule is O=C(Nc1ccc(Cl)c([N+](=O)[O-])c1)C(=O)Nc1cc(Cl)ccc1O. The van der Waals surface area contributed by atoms with E-state index in [4.69, 9.17) is 23.2 Å². The average molecular weight is 370 g/mol. The zero-order valence-corrected chi connectivity index (χ0v) is 13.3. The summed E-state index contributed by atoms with van der Waals surface area (Å²) in [6.45, 7) is 0. The topological polar surface area (TPSA) is 122 Å². The molecule has 0 saturated carbocycles. The number of halogens is 2. The molecule has 8 nitrogen and oxygen atoms in total. The van der Waals surface area contributed by atoms with Crippen LogP contribution in [0.2, 0.25) is 10.0 Å². The van der Waals surface area contributed by atoms with E-state index >= 15 is 0 Å². The van der Waals surface area contributed by atoms with Crippen LogP contribution in [-0.2, 0) is 9.59 Å². The van der Waals surface area contributed by atoms with Gasteiger partial charge in [-0.3, -0.25) is 19.7 Å². The Kier molecular flexibility index (Phi) is 5.22. The van der Waals surface area contributed by atoms with Gasteiger partial charge in [-0.25, -0.2) is 0 Å². The molecule has 0 radical (unpaired) electrons. The summed E-state index contributed by atoms with van der Waals surface area (Å²) in [5.41, 5.74) is -0.450. The highest BCUT2D eigenvalue weighted by Gasteiger charge is 2.18. The Morgan fingerprint density at radius 2 is 1.71 bits per heavy atom. The Morgan fingerprint density at radius 1 is 1.04 bits per heavy atom. The lowest BCUT2D eigenvalue weighted by molar-refractivity contribution is -0.384. The molecule has 2 aromatic rings. The predicted octanol–water partition coefficient (Wildman–Crippen LogP) is 3.18. The summed E-state index contributed by atoms with van der Waals surface area (Å²) in [7, 11) is 0. The van der Waals surface area contributed by atoms with E-state index in [1.165, 1.54) is 30.3 Å². The molecule has 124 valence electrons. The van der Waals surface area contributed by atoms with Crippen LogP contribution in [0.5, 0.6) is 5.75 Å². The summed E-state index contributed by atoms with van der Waals surface area (Å²) in [4.78, 5) is 33.7. The number of hydrogen-bond donors (Lipinski definition) is 3. The highest BCUT2D eigenvalue weighted by Crippen LogP contribution is 2.28. The van der Waals surface area contributed by atoms with Gasteiger partial charge in [-0.2, -0.15) is 0 Å². The van der Waals surface area contributed by atoms with Gasteiger partial charge in [-0.15, -0.1) is 0 Å². The maximum Gasteiger partial charge on any atom is 0.314 e. The van der Waals surface area contributed by atoms with E-state index in [1.807, 2.05) is 0 Å². The smallest absolute Gasteiger partial charge is 0.314 e. The summed E-state index contributed by atoms with van der Waals surface area (Å²) in [5, 5.41) is 24.9. The Hall–Kier alpha value is -2.84. The molecule has 0 aliphatic carbocycles. The van der Waals surface area contributed by atoms with Gasteiger partial charge >= 0.3 is 11.8 Å². The molecule has 0 atom stereocenters. The Balaban J connectivity index is 2.12. The van der Waals surface area contributed by atoms with E-state index in [0.29, 0.717) is 0 Å². The third-order valence-electron chi connectivity index (χ3n) is 2.81. The van der Waals surface area contributed by atoms with E-state index in [1.54, 1.807) is 0 Å². The molecule has 0 fully saturated rings. The predicted molar refractivity (Wildman–Crippen MR) is 88.5 cm³/mol. The van der Waals surface area contributed by atoms with Gasteiger partial charge < -0.3 is 15.7 Å². The number of nitro groups is 1. The molecule has 24 heavy (non-hydrogen) atoms. The van der Waals surface area contributed by atoms with Crippen molar-refractivity contribution in [1.29, 1.82) is 0 Å². The third-order valence-corrected chi connectivity index (χ3v) is 3.37. The molecule has 2 aromatic carbocycles. The summed E-state index contributed by atoms with van der Waals surface area (Å²) in [6.07, 6.45) is 0. The van der Waals surface area contributed by atoms with E-state index in [2.05, 4.69) is 10.6 Å². The molecular weight excluding hydrogens is 361 g/mol. The third kappa shape index (κ3) is 4.12. The second kappa shape index (κ2) is 7.16. The zero-order valence-electron chi connectivity index (χ0n) is 11.7. The number of nitro benzene ring substituents is 1. The molecule has 0 aliphatic rings. The fourth-order valence-corrected chi connectivity index (χ4v) is 2.06. The number of amides is 2. The maximum atomic E-state index is 11.8. The van der Waals surface area contributed by atoms with Crippen molar-refractivity contribution in [3.63, 3.8) is 0 Å². The van der Waals surface area contributed by atoms with Crippen molar-refractivity contribution in [3.05, 3.63) is 56.6 Å². The Morgan fingerprint density at radius 3 is 2.38 bits per heavy atom. The van der Waals surface area contributed by atoms with Crippen LogP contribution in [0, 0.1) is 10.1 Å². The van der Waals surface area contributed by atoms with E-state index in [9.17, 15) is 24.8 Å². The molecule has 10 heteroatoms. The van der Waals surface area contributed by atoms with Gasteiger partial charge in [0.15, 0.2) is 0 Å². The van der Waals surface area contributed by atoms with Gasteiger partial charge in [0.05, 0.1) is 10.6 Å². The monoisotopic (exact) mass is 369 g/mol. The van der Waals surface area contributed by atoms with Gasteiger partial charge in [0.25, 0.3) is 5.69 Å². The second-order valence-corrected chi connectivity index (χ2v) is 5.34. The summed E-state index contributed by atoms with van der Waals surface area (Å²) < 4.78 is 0. The standard InChI is InChI=1S/C14H9Cl2N3O5/c15-7-1-4-12(20)10(5-7)18-14(22)13(21)17-8-2-3-9(16)11(6-8)19(23)24/h1-6,20H,(H,17,21)(H,18,22). The number of phenols is 1. The number of nitrogens with one attached hydrogen (secondary N) is 2. The van der Waals surface area contributed by atoms with E-state index < -0.39 is 22.4 Å². The number of rotatable bonds is 3. The maximum absolute atomic E-state index is 11.8. The lowest BCUT2D eigenvalue weighted by atomic mass is 10.2. The van der Waals surface area contributed by atoms with Crippen molar-refractivity contribution in [1.82, 2.24) is 0 Å². The second-order valence-electron chi connectivity index (χ2n) is 4.49. The van der Waals surface area contributed by atoms with Gasteiger partial charge in [0.2, 0.25) is 0 Å². The Labute approximate surface area is 145 Å². The molecule has 2 amide bonds. The van der Waals surface area contributed by atoms with Crippen molar-refractivity contribution < 1.29 is 19.6 Å². The first kappa shape index (κ1) is 17.5. The van der Waals surface area contributed by atoms with E-state index in [-0.39, 0.29) is 27.2 Å².